The summed E-state index contributed by atoms with van der Waals surface area (Å²) in [6.07, 6.45) is 6.99. The zero-order valence-electron chi connectivity index (χ0n) is 15.9. The van der Waals surface area contributed by atoms with Crippen LogP contribution in [0.1, 0.15) is 75.2 Å². The van der Waals surface area contributed by atoms with Gasteiger partial charge >= 0.3 is 0 Å². The van der Waals surface area contributed by atoms with Crippen molar-refractivity contribution in [2.45, 2.75) is 80.7 Å². The summed E-state index contributed by atoms with van der Waals surface area (Å²) in [5, 5.41) is 12.4. The lowest BCUT2D eigenvalue weighted by Gasteiger charge is -2.35. The predicted molar refractivity (Wildman–Crippen MR) is 94.6 cm³/mol. The van der Waals surface area contributed by atoms with E-state index >= 15 is 0 Å². The zero-order valence-corrected chi connectivity index (χ0v) is 15.9. The number of hydrogen-bond acceptors (Lipinski definition) is 2. The van der Waals surface area contributed by atoms with Crippen LogP contribution in [-0.4, -0.2) is 23.8 Å². The highest BCUT2D eigenvalue weighted by Gasteiger charge is 2.28. The van der Waals surface area contributed by atoms with Gasteiger partial charge in [0.15, 0.2) is 0 Å². The van der Waals surface area contributed by atoms with Crippen LogP contribution in [0.5, 0.6) is 0 Å². The molecule has 0 saturated heterocycles. The second kappa shape index (κ2) is 7.28. The Labute approximate surface area is 133 Å². The first-order valence-electron chi connectivity index (χ1n) is 8.24. The Morgan fingerprint density at radius 1 is 0.762 bits per heavy atom. The standard InChI is InChI=1S/C19H39NO/c1-16(2,3)14-17(4,5)10-11-18(6,7)15-19(8,9)20-12-13-21/h10-11,20-21H,12-15H2,1-9H3/b11-10-. The zero-order chi connectivity index (χ0) is 16.9. The van der Waals surface area contributed by atoms with Crippen LogP contribution in [0.3, 0.4) is 0 Å². The largest absolute Gasteiger partial charge is 0.395 e. The molecule has 0 rings (SSSR count). The number of rotatable bonds is 8. The molecule has 0 unspecified atom stereocenters. The molecule has 0 radical (unpaired) electrons. The van der Waals surface area contributed by atoms with Gasteiger partial charge in [-0.2, -0.15) is 0 Å². The van der Waals surface area contributed by atoms with Gasteiger partial charge in [-0.1, -0.05) is 60.6 Å². The topological polar surface area (TPSA) is 32.3 Å². The number of allylic oxidation sites excluding steroid dienone is 2. The van der Waals surface area contributed by atoms with Crippen molar-refractivity contribution in [1.29, 1.82) is 0 Å². The Morgan fingerprint density at radius 2 is 1.19 bits per heavy atom. The fourth-order valence-electron chi connectivity index (χ4n) is 3.53. The first-order valence-corrected chi connectivity index (χ1v) is 8.24. The van der Waals surface area contributed by atoms with Crippen LogP contribution < -0.4 is 5.32 Å². The number of aliphatic hydroxyl groups excluding tert-OH is 1. The van der Waals surface area contributed by atoms with E-state index in [2.05, 4.69) is 79.8 Å². The van der Waals surface area contributed by atoms with Gasteiger partial charge in [0.25, 0.3) is 0 Å². The van der Waals surface area contributed by atoms with Gasteiger partial charge in [0, 0.05) is 12.1 Å². The van der Waals surface area contributed by atoms with Crippen LogP contribution in [0.4, 0.5) is 0 Å². The summed E-state index contributed by atoms with van der Waals surface area (Å²) in [6, 6.07) is 0. The van der Waals surface area contributed by atoms with Crippen molar-refractivity contribution in [3.05, 3.63) is 12.2 Å². The molecule has 0 amide bonds. The van der Waals surface area contributed by atoms with Gasteiger partial charge in [-0.25, -0.2) is 0 Å². The van der Waals surface area contributed by atoms with E-state index in [4.69, 9.17) is 5.11 Å². The lowest BCUT2D eigenvalue weighted by atomic mass is 9.73. The van der Waals surface area contributed by atoms with Crippen molar-refractivity contribution in [3.8, 4) is 0 Å². The lowest BCUT2D eigenvalue weighted by Crippen LogP contribution is -2.43. The number of hydrogen-bond donors (Lipinski definition) is 2. The maximum Gasteiger partial charge on any atom is 0.0556 e. The van der Waals surface area contributed by atoms with Crippen LogP contribution in [0, 0.1) is 16.2 Å². The SMILES string of the molecule is CC(C)(C)CC(C)(C)/C=C\C(C)(C)CC(C)(C)NCCO. The summed E-state index contributed by atoms with van der Waals surface area (Å²) in [6.45, 7) is 21.4. The maximum absolute atomic E-state index is 8.97. The highest BCUT2D eigenvalue weighted by Crippen LogP contribution is 2.37. The molecule has 2 nitrogen and oxygen atoms in total. The Balaban J connectivity index is 4.75. The van der Waals surface area contributed by atoms with E-state index in [0.29, 0.717) is 12.0 Å². The van der Waals surface area contributed by atoms with E-state index in [1.165, 1.54) is 6.42 Å². The number of β-amino-alcohol motifs (C(OH)–C–C–N with tert-alkyl or cyclic N) is 1. The van der Waals surface area contributed by atoms with E-state index in [1.807, 2.05) is 0 Å². The van der Waals surface area contributed by atoms with Crippen LogP contribution in [0.15, 0.2) is 12.2 Å². The molecule has 0 fully saturated rings. The molecule has 2 N–H and O–H groups in total. The van der Waals surface area contributed by atoms with E-state index in [9.17, 15) is 0 Å². The van der Waals surface area contributed by atoms with Crippen molar-refractivity contribution < 1.29 is 5.11 Å². The molecule has 0 saturated carbocycles. The summed E-state index contributed by atoms with van der Waals surface area (Å²) in [5.74, 6) is 0. The summed E-state index contributed by atoms with van der Waals surface area (Å²) in [7, 11) is 0. The van der Waals surface area contributed by atoms with Crippen molar-refractivity contribution in [2.24, 2.45) is 16.2 Å². The van der Waals surface area contributed by atoms with Crippen LogP contribution in [-0.2, 0) is 0 Å². The first-order chi connectivity index (χ1) is 9.18. The van der Waals surface area contributed by atoms with Gasteiger partial charge < -0.3 is 10.4 Å². The van der Waals surface area contributed by atoms with Crippen LogP contribution in [0.25, 0.3) is 0 Å². The van der Waals surface area contributed by atoms with Crippen molar-refractivity contribution >= 4 is 0 Å². The van der Waals surface area contributed by atoms with Crippen LogP contribution >= 0.6 is 0 Å². The normalized spacial score (nSPS) is 15.0. The fourth-order valence-corrected chi connectivity index (χ4v) is 3.53. The van der Waals surface area contributed by atoms with E-state index in [1.54, 1.807) is 0 Å². The molecule has 0 bridgehead atoms. The van der Waals surface area contributed by atoms with E-state index in [-0.39, 0.29) is 23.0 Å². The average Bonchev–Trinajstić information content (AvgIpc) is 2.19. The van der Waals surface area contributed by atoms with Crippen molar-refractivity contribution in [2.75, 3.05) is 13.2 Å². The minimum atomic E-state index is 0.0325. The first kappa shape index (κ1) is 20.7. The molecule has 0 aliphatic carbocycles. The van der Waals surface area contributed by atoms with E-state index < -0.39 is 0 Å². The van der Waals surface area contributed by atoms with Crippen molar-refractivity contribution in [3.63, 3.8) is 0 Å². The molecule has 126 valence electrons. The Morgan fingerprint density at radius 3 is 1.57 bits per heavy atom. The molecule has 0 heterocycles. The molecule has 0 aromatic rings. The van der Waals surface area contributed by atoms with Crippen molar-refractivity contribution in [1.82, 2.24) is 5.32 Å². The second-order valence-corrected chi connectivity index (χ2v) is 9.76. The predicted octanol–water partition coefficient (Wildman–Crippen LogP) is 4.78. The molecule has 2 heteroatoms. The molecule has 0 aromatic heterocycles. The van der Waals surface area contributed by atoms with Crippen LogP contribution in [0.2, 0.25) is 0 Å². The molecular formula is C19H39NO. The number of nitrogens with one attached hydrogen (secondary N) is 1. The third kappa shape index (κ3) is 11.0. The molecule has 0 atom stereocenters. The van der Waals surface area contributed by atoms with Gasteiger partial charge in [-0.15, -0.1) is 0 Å². The minimum absolute atomic E-state index is 0.0325. The quantitative estimate of drug-likeness (QED) is 0.632. The summed E-state index contributed by atoms with van der Waals surface area (Å²) in [5.41, 5.74) is 0.740. The highest BCUT2D eigenvalue weighted by atomic mass is 16.3. The Bertz CT molecular complexity index is 332. The van der Waals surface area contributed by atoms with Gasteiger partial charge in [0.2, 0.25) is 0 Å². The molecule has 0 aliphatic rings. The van der Waals surface area contributed by atoms with Gasteiger partial charge in [-0.3, -0.25) is 0 Å². The van der Waals surface area contributed by atoms with E-state index in [0.717, 1.165) is 6.42 Å². The summed E-state index contributed by atoms with van der Waals surface area (Å²) in [4.78, 5) is 0. The second-order valence-electron chi connectivity index (χ2n) is 9.76. The summed E-state index contributed by atoms with van der Waals surface area (Å²) < 4.78 is 0. The Kier molecular flexibility index (Phi) is 7.16. The average molecular weight is 298 g/mol. The lowest BCUT2D eigenvalue weighted by molar-refractivity contribution is 0.227. The summed E-state index contributed by atoms with van der Waals surface area (Å²) >= 11 is 0. The van der Waals surface area contributed by atoms with Gasteiger partial charge in [-0.05, 0) is 42.9 Å². The minimum Gasteiger partial charge on any atom is -0.395 e. The molecule has 0 spiro atoms. The third-order valence-electron chi connectivity index (χ3n) is 3.58. The fraction of sp³-hybridized carbons (Fsp3) is 0.895. The monoisotopic (exact) mass is 297 g/mol. The molecule has 0 aliphatic heterocycles. The smallest absolute Gasteiger partial charge is 0.0556 e. The third-order valence-corrected chi connectivity index (χ3v) is 3.58. The molecular weight excluding hydrogens is 258 g/mol. The Hall–Kier alpha value is -0.340. The van der Waals surface area contributed by atoms with Gasteiger partial charge in [0.05, 0.1) is 6.61 Å². The van der Waals surface area contributed by atoms with Gasteiger partial charge in [0.1, 0.15) is 0 Å². The molecule has 21 heavy (non-hydrogen) atoms. The number of aliphatic hydroxyl groups is 1. The molecule has 0 aromatic carbocycles. The highest BCUT2D eigenvalue weighted by molar-refractivity contribution is 5.05. The maximum atomic E-state index is 8.97.